The highest BCUT2D eigenvalue weighted by atomic mass is 16.5. The highest BCUT2D eigenvalue weighted by Gasteiger charge is 2.35. The lowest BCUT2D eigenvalue weighted by molar-refractivity contribution is -0.0209. The van der Waals surface area contributed by atoms with Crippen molar-refractivity contribution in [2.24, 2.45) is 5.92 Å². The Balaban J connectivity index is 1.20. The van der Waals surface area contributed by atoms with Crippen molar-refractivity contribution in [1.29, 1.82) is 0 Å². The molecule has 1 saturated carbocycles. The molecule has 0 saturated heterocycles. The number of fused-ring (bicyclic) bond motifs is 1. The van der Waals surface area contributed by atoms with Gasteiger partial charge in [-0.25, -0.2) is 0 Å². The summed E-state index contributed by atoms with van der Waals surface area (Å²) in [5.41, 5.74) is 6.09. The summed E-state index contributed by atoms with van der Waals surface area (Å²) in [5.74, 6) is 0.524. The molecule has 0 aromatic heterocycles. The van der Waals surface area contributed by atoms with E-state index in [1.807, 2.05) is 0 Å². The lowest BCUT2D eigenvalue weighted by Gasteiger charge is -2.29. The molecule has 2 atom stereocenters. The molecule has 5 rings (SSSR count). The first kappa shape index (κ1) is 25.7. The highest BCUT2D eigenvalue weighted by Crippen LogP contribution is 2.46. The maximum absolute atomic E-state index is 10.9. The average molecular weight is 494 g/mol. The zero-order valence-corrected chi connectivity index (χ0v) is 22.3. The Kier molecular flexibility index (Phi) is 7.76. The van der Waals surface area contributed by atoms with Crippen molar-refractivity contribution in [2.45, 2.75) is 57.8 Å². The minimum absolute atomic E-state index is 0.0111. The Labute approximate surface area is 221 Å². The normalized spacial score (nSPS) is 15.6. The molecule has 1 fully saturated rings. The van der Waals surface area contributed by atoms with Crippen LogP contribution in [0.15, 0.2) is 91.0 Å². The van der Waals surface area contributed by atoms with Crippen molar-refractivity contribution in [1.82, 2.24) is 5.32 Å². The smallest absolute Gasteiger partial charge is 0.0898 e. The van der Waals surface area contributed by atoms with E-state index in [0.717, 1.165) is 6.42 Å². The molecule has 4 aromatic carbocycles. The molecule has 0 aliphatic heterocycles. The Bertz CT molecular complexity index is 1340. The third-order valence-corrected chi connectivity index (χ3v) is 7.39. The van der Waals surface area contributed by atoms with Crippen LogP contribution in [0.1, 0.15) is 49.5 Å². The van der Waals surface area contributed by atoms with Gasteiger partial charge in [-0.15, -0.1) is 0 Å². The summed E-state index contributed by atoms with van der Waals surface area (Å²) < 4.78 is 6.45. The fraction of sp³-hybridized carbons (Fsp3) is 0.353. The molecule has 1 aliphatic rings. The summed E-state index contributed by atoms with van der Waals surface area (Å²) in [5, 5.41) is 17.0. The fourth-order valence-corrected chi connectivity index (χ4v) is 5.29. The molecular weight excluding hydrogens is 454 g/mol. The standard InChI is InChI=1S/C34H39NO2/c1-24-9-8-12-29(19-24)31-13-6-7-14-32(31)33(27-17-18-27)37-23-30(36)22-35-34(2,3)21-25-15-16-26-10-4-5-11-28(26)20-25/h4-16,19-20,27,30,33,35-36H,17-18,21-23H2,1-3H3/t30-,33?/m1/s1. The average Bonchev–Trinajstić information content (AvgIpc) is 3.73. The monoisotopic (exact) mass is 493 g/mol. The molecule has 0 amide bonds. The van der Waals surface area contributed by atoms with E-state index in [9.17, 15) is 5.11 Å². The number of benzene rings is 4. The van der Waals surface area contributed by atoms with Gasteiger partial charge >= 0.3 is 0 Å². The Morgan fingerprint density at radius 2 is 1.65 bits per heavy atom. The van der Waals surface area contributed by atoms with E-state index < -0.39 is 6.10 Å². The van der Waals surface area contributed by atoms with Gasteiger partial charge in [0.2, 0.25) is 0 Å². The van der Waals surface area contributed by atoms with E-state index in [1.165, 1.54) is 51.4 Å². The molecule has 192 valence electrons. The minimum Gasteiger partial charge on any atom is -0.389 e. The number of aliphatic hydroxyl groups is 1. The molecule has 3 nitrogen and oxygen atoms in total. The van der Waals surface area contributed by atoms with Gasteiger partial charge in [0.25, 0.3) is 0 Å². The number of aryl methyl sites for hydroxylation is 1. The van der Waals surface area contributed by atoms with Crippen LogP contribution < -0.4 is 5.32 Å². The third-order valence-electron chi connectivity index (χ3n) is 7.39. The van der Waals surface area contributed by atoms with Gasteiger partial charge in [0, 0.05) is 12.1 Å². The second-order valence-electron chi connectivity index (χ2n) is 11.3. The maximum atomic E-state index is 10.9. The number of nitrogens with one attached hydrogen (secondary N) is 1. The summed E-state index contributed by atoms with van der Waals surface area (Å²) in [6.07, 6.45) is 2.69. The minimum atomic E-state index is -0.566. The molecule has 0 bridgehead atoms. The van der Waals surface area contributed by atoms with Gasteiger partial charge in [0.05, 0.1) is 18.8 Å². The van der Waals surface area contributed by atoms with Gasteiger partial charge in [0.1, 0.15) is 0 Å². The quantitative estimate of drug-likeness (QED) is 0.231. The molecule has 0 radical (unpaired) electrons. The first-order chi connectivity index (χ1) is 17.9. The van der Waals surface area contributed by atoms with Gasteiger partial charge in [-0.3, -0.25) is 0 Å². The van der Waals surface area contributed by atoms with Crippen molar-refractivity contribution >= 4 is 10.8 Å². The molecule has 2 N–H and O–H groups in total. The van der Waals surface area contributed by atoms with Crippen LogP contribution >= 0.6 is 0 Å². The summed E-state index contributed by atoms with van der Waals surface area (Å²) in [4.78, 5) is 0. The second kappa shape index (κ2) is 11.2. The van der Waals surface area contributed by atoms with E-state index in [2.05, 4.69) is 117 Å². The van der Waals surface area contributed by atoms with E-state index in [4.69, 9.17) is 4.74 Å². The Morgan fingerprint density at radius 1 is 0.892 bits per heavy atom. The van der Waals surface area contributed by atoms with Crippen LogP contribution in [-0.2, 0) is 11.2 Å². The van der Waals surface area contributed by atoms with Crippen LogP contribution in [0.3, 0.4) is 0 Å². The summed E-state index contributed by atoms with van der Waals surface area (Å²) >= 11 is 0. The molecule has 4 aromatic rings. The Hall–Kier alpha value is -2.98. The Morgan fingerprint density at radius 3 is 2.43 bits per heavy atom. The molecule has 1 unspecified atom stereocenters. The molecule has 1 aliphatic carbocycles. The van der Waals surface area contributed by atoms with Crippen molar-refractivity contribution in [2.75, 3.05) is 13.2 Å². The van der Waals surface area contributed by atoms with Crippen molar-refractivity contribution in [3.8, 4) is 11.1 Å². The molecule has 0 spiro atoms. The van der Waals surface area contributed by atoms with E-state index >= 15 is 0 Å². The summed E-state index contributed by atoms with van der Waals surface area (Å²) in [6, 6.07) is 32.4. The fourth-order valence-electron chi connectivity index (χ4n) is 5.29. The summed E-state index contributed by atoms with van der Waals surface area (Å²) in [7, 11) is 0. The number of rotatable bonds is 11. The zero-order chi connectivity index (χ0) is 25.8. The highest BCUT2D eigenvalue weighted by molar-refractivity contribution is 5.83. The zero-order valence-electron chi connectivity index (χ0n) is 22.3. The van der Waals surface area contributed by atoms with Crippen molar-refractivity contribution < 1.29 is 9.84 Å². The lowest BCUT2D eigenvalue weighted by Crippen LogP contribution is -2.46. The first-order valence-electron chi connectivity index (χ1n) is 13.6. The molecule has 37 heavy (non-hydrogen) atoms. The molecular formula is C34H39NO2. The van der Waals surface area contributed by atoms with E-state index in [0.29, 0.717) is 19.1 Å². The maximum Gasteiger partial charge on any atom is 0.0898 e. The van der Waals surface area contributed by atoms with Gasteiger partial charge in [-0.05, 0) is 79.0 Å². The van der Waals surface area contributed by atoms with Crippen LogP contribution in [-0.4, -0.2) is 29.9 Å². The van der Waals surface area contributed by atoms with Crippen LogP contribution in [0, 0.1) is 12.8 Å². The van der Waals surface area contributed by atoms with E-state index in [1.54, 1.807) is 0 Å². The largest absolute Gasteiger partial charge is 0.389 e. The number of hydrogen-bond donors (Lipinski definition) is 2. The van der Waals surface area contributed by atoms with Crippen molar-refractivity contribution in [3.63, 3.8) is 0 Å². The SMILES string of the molecule is Cc1cccc(-c2ccccc2C(OC[C@H](O)CNC(C)(C)Cc2ccc3ccccc3c2)C2CC2)c1. The second-order valence-corrected chi connectivity index (χ2v) is 11.3. The van der Waals surface area contributed by atoms with Crippen LogP contribution in [0.25, 0.3) is 21.9 Å². The van der Waals surface area contributed by atoms with Gasteiger partial charge in [0.15, 0.2) is 0 Å². The van der Waals surface area contributed by atoms with E-state index in [-0.39, 0.29) is 11.6 Å². The number of hydrogen-bond acceptors (Lipinski definition) is 3. The predicted octanol–water partition coefficient (Wildman–Crippen LogP) is 7.25. The summed E-state index contributed by atoms with van der Waals surface area (Å²) in [6.45, 7) is 7.34. The molecule has 3 heteroatoms. The van der Waals surface area contributed by atoms with Crippen LogP contribution in [0.5, 0.6) is 0 Å². The lowest BCUT2D eigenvalue weighted by atomic mass is 9.93. The van der Waals surface area contributed by atoms with Crippen molar-refractivity contribution in [3.05, 3.63) is 108 Å². The van der Waals surface area contributed by atoms with Crippen LogP contribution in [0.2, 0.25) is 0 Å². The molecule has 0 heterocycles. The topological polar surface area (TPSA) is 41.5 Å². The van der Waals surface area contributed by atoms with Gasteiger partial charge < -0.3 is 15.2 Å². The van der Waals surface area contributed by atoms with Gasteiger partial charge in [-0.2, -0.15) is 0 Å². The third kappa shape index (κ3) is 6.67. The first-order valence-corrected chi connectivity index (χ1v) is 13.6. The number of ether oxygens (including phenoxy) is 1. The number of β-amino-alcohol motifs (C(OH)–C–C–N with tert-alkyl or cyclic N) is 1. The predicted molar refractivity (Wildman–Crippen MR) is 154 cm³/mol. The van der Waals surface area contributed by atoms with Gasteiger partial charge in [-0.1, -0.05) is 96.6 Å². The van der Waals surface area contributed by atoms with Crippen LogP contribution in [0.4, 0.5) is 0 Å². The number of aliphatic hydroxyl groups excluding tert-OH is 1.